The molecule has 0 fully saturated rings. The SMILES string of the molecule is C=C[C](=O)[Ni].[Cr].[Ni]. The second-order valence-corrected chi connectivity index (χ2v) is 0.965. The molecule has 0 aromatic carbocycles. The molecule has 0 unspecified atom stereocenters. The zero-order valence-corrected chi connectivity index (χ0v) is 6.48. The molecule has 0 bridgehead atoms. The Kier molecular flexibility index (Phi) is 22.4. The van der Waals surface area contributed by atoms with Gasteiger partial charge in [0.25, 0.3) is 0 Å². The number of carbonyl (C=O) groups is 1. The van der Waals surface area contributed by atoms with Crippen LogP contribution in [-0.2, 0) is 54.1 Å². The number of rotatable bonds is 1. The summed E-state index contributed by atoms with van der Waals surface area (Å²) in [6.07, 6.45) is 1.11. The summed E-state index contributed by atoms with van der Waals surface area (Å²) in [5.74, 6) is 0. The van der Waals surface area contributed by atoms with Gasteiger partial charge in [-0.05, 0) is 0 Å². The molecule has 0 heterocycles. The molecule has 0 radical (unpaired) electrons. The fourth-order valence-electron chi connectivity index (χ4n) is 0. The van der Waals surface area contributed by atoms with Crippen molar-refractivity contribution < 1.29 is 54.1 Å². The molecule has 0 aliphatic heterocycles. The van der Waals surface area contributed by atoms with Crippen LogP contribution in [0, 0.1) is 0 Å². The summed E-state index contributed by atoms with van der Waals surface area (Å²) in [7, 11) is 0. The van der Waals surface area contributed by atoms with E-state index in [2.05, 4.69) is 22.0 Å². The Morgan fingerprint density at radius 1 is 1.71 bits per heavy atom. The normalized spacial score (nSPS) is 4.86. The van der Waals surface area contributed by atoms with Gasteiger partial charge in [-0.3, -0.25) is 0 Å². The molecule has 0 saturated heterocycles. The van der Waals surface area contributed by atoms with E-state index < -0.39 is 0 Å². The van der Waals surface area contributed by atoms with Gasteiger partial charge in [-0.15, -0.1) is 0 Å². The van der Waals surface area contributed by atoms with Gasteiger partial charge in [0.2, 0.25) is 0 Å². The topological polar surface area (TPSA) is 17.1 Å². The quantitative estimate of drug-likeness (QED) is 0.461. The van der Waals surface area contributed by atoms with Gasteiger partial charge in [-0.2, -0.15) is 0 Å². The maximum atomic E-state index is 9.53. The molecule has 0 spiro atoms. The Labute approximate surface area is 71.3 Å². The molecule has 0 saturated carbocycles. The van der Waals surface area contributed by atoms with E-state index in [0.717, 1.165) is 6.08 Å². The summed E-state index contributed by atoms with van der Waals surface area (Å²) in [5, 5.41) is 0. The number of hydrogen-bond donors (Lipinski definition) is 0. The molecule has 47 valence electrons. The maximum absolute atomic E-state index is 9.53. The predicted octanol–water partition coefficient (Wildman–Crippen LogP) is 0.241. The molecule has 7 heavy (non-hydrogen) atoms. The van der Waals surface area contributed by atoms with E-state index in [0.29, 0.717) is 0 Å². The molecule has 0 aliphatic rings. The fraction of sp³-hybridized carbons (Fsp3) is 0. The van der Waals surface area contributed by atoms with Gasteiger partial charge < -0.3 is 0 Å². The van der Waals surface area contributed by atoms with E-state index in [1.807, 2.05) is 0 Å². The smallest absolute Gasteiger partial charge is 0 e. The van der Waals surface area contributed by atoms with E-state index in [1.165, 1.54) is 0 Å². The Balaban J connectivity index is -0.0000000800. The van der Waals surface area contributed by atoms with E-state index in [1.54, 1.807) is 0 Å². The van der Waals surface area contributed by atoms with Crippen molar-refractivity contribution in [3.05, 3.63) is 12.7 Å². The molecule has 0 aromatic heterocycles. The summed E-state index contributed by atoms with van der Waals surface area (Å²) in [6.45, 7) is 3.12. The van der Waals surface area contributed by atoms with Crippen molar-refractivity contribution in [3.63, 3.8) is 0 Å². The van der Waals surface area contributed by atoms with Crippen LogP contribution in [0.2, 0.25) is 0 Å². The molecule has 0 N–H and O–H groups in total. The third-order valence-electron chi connectivity index (χ3n) is 0.148. The number of carbonyl (C=O) groups excluding carboxylic acids is 1. The van der Waals surface area contributed by atoms with Gasteiger partial charge in [0.1, 0.15) is 0 Å². The summed E-state index contributed by atoms with van der Waals surface area (Å²) in [5.41, 5.74) is 0. The zero-order valence-electron chi connectivity index (χ0n) is 3.23. The summed E-state index contributed by atoms with van der Waals surface area (Å²) in [6, 6.07) is 0. The third kappa shape index (κ3) is 19.6. The maximum Gasteiger partial charge on any atom is 0 e. The van der Waals surface area contributed by atoms with Gasteiger partial charge in [-0.1, -0.05) is 0 Å². The Morgan fingerprint density at radius 3 is 1.86 bits per heavy atom. The van der Waals surface area contributed by atoms with Gasteiger partial charge >= 0.3 is 37.7 Å². The van der Waals surface area contributed by atoms with Crippen LogP contribution in [0.25, 0.3) is 0 Å². The minimum absolute atomic E-state index is 0. The summed E-state index contributed by atoms with van der Waals surface area (Å²) in [4.78, 5) is 9.53. The van der Waals surface area contributed by atoms with Crippen molar-refractivity contribution in [2.24, 2.45) is 0 Å². The number of hydrogen-bond acceptors (Lipinski definition) is 1. The van der Waals surface area contributed by atoms with Crippen LogP contribution >= 0.6 is 0 Å². The van der Waals surface area contributed by atoms with Crippen molar-refractivity contribution >= 4 is 4.75 Å². The van der Waals surface area contributed by atoms with Gasteiger partial charge in [-0.25, -0.2) is 0 Å². The van der Waals surface area contributed by atoms with Gasteiger partial charge in [0, 0.05) is 33.9 Å². The molecule has 0 amide bonds. The fourth-order valence-corrected chi connectivity index (χ4v) is 0. The van der Waals surface area contributed by atoms with Crippen molar-refractivity contribution in [1.29, 1.82) is 0 Å². The van der Waals surface area contributed by atoms with Crippen LogP contribution in [0.1, 0.15) is 0 Å². The van der Waals surface area contributed by atoms with Crippen LogP contribution in [0.5, 0.6) is 0 Å². The monoisotopic (exact) mass is 223 g/mol. The van der Waals surface area contributed by atoms with E-state index in [9.17, 15) is 4.79 Å². The standard InChI is InChI=1S/C3H3O.Cr.2Ni/c1-2-3-4;;;/h2H,1H2;;;. The summed E-state index contributed by atoms with van der Waals surface area (Å²) >= 11 is 3.77. The van der Waals surface area contributed by atoms with Crippen molar-refractivity contribution in [2.75, 3.05) is 0 Å². The van der Waals surface area contributed by atoms with Crippen molar-refractivity contribution in [3.8, 4) is 0 Å². The first-order valence-electron chi connectivity index (χ1n) is 1.06. The van der Waals surface area contributed by atoms with Crippen LogP contribution in [0.15, 0.2) is 12.7 Å². The van der Waals surface area contributed by atoms with Crippen LogP contribution in [0.3, 0.4) is 0 Å². The van der Waals surface area contributed by atoms with Crippen LogP contribution < -0.4 is 0 Å². The zero-order chi connectivity index (χ0) is 4.28. The van der Waals surface area contributed by atoms with Crippen molar-refractivity contribution in [1.82, 2.24) is 0 Å². The first-order valence-corrected chi connectivity index (χ1v) is 1.55. The van der Waals surface area contributed by atoms with E-state index in [-0.39, 0.29) is 38.6 Å². The first-order chi connectivity index (χ1) is 2.27. The second kappa shape index (κ2) is 10.0. The van der Waals surface area contributed by atoms with Crippen molar-refractivity contribution in [2.45, 2.75) is 0 Å². The molecule has 0 atom stereocenters. The average molecular weight is 224 g/mol. The minimum atomic E-state index is -0.356. The third-order valence-corrected chi connectivity index (χ3v) is 0.349. The molecule has 1 nitrogen and oxygen atoms in total. The molecular formula is C3H3CrNi2O. The van der Waals surface area contributed by atoms with Crippen LogP contribution in [-0.4, -0.2) is 4.75 Å². The first kappa shape index (κ1) is 15.7. The van der Waals surface area contributed by atoms with E-state index >= 15 is 0 Å². The van der Waals surface area contributed by atoms with Gasteiger partial charge in [0.15, 0.2) is 0 Å². The average Bonchev–Trinajstić information content (AvgIpc) is 1.38. The molecule has 4 heteroatoms. The Hall–Kier alpha value is 0.929. The van der Waals surface area contributed by atoms with Gasteiger partial charge in [0.05, 0.1) is 0 Å². The Bertz CT molecular complexity index is 64.0. The molecular weight excluding hydrogens is 221 g/mol. The second-order valence-electron chi connectivity index (χ2n) is 0.478. The molecule has 0 rings (SSSR count). The summed E-state index contributed by atoms with van der Waals surface area (Å²) < 4.78 is -0.356. The number of allylic oxidation sites excluding steroid dienone is 1. The molecule has 0 aliphatic carbocycles. The molecule has 0 aromatic rings. The predicted molar refractivity (Wildman–Crippen MR) is 15.2 cm³/mol. The Morgan fingerprint density at radius 2 is 1.86 bits per heavy atom. The van der Waals surface area contributed by atoms with E-state index in [4.69, 9.17) is 0 Å². The van der Waals surface area contributed by atoms with Crippen LogP contribution in [0.4, 0.5) is 0 Å². The largest absolute Gasteiger partial charge is 0 e. The minimum Gasteiger partial charge on any atom is 0 e.